The summed E-state index contributed by atoms with van der Waals surface area (Å²) in [6.45, 7) is 6.79. The molecule has 3 rings (SSSR count). The lowest BCUT2D eigenvalue weighted by Gasteiger charge is -2.33. The van der Waals surface area contributed by atoms with Crippen LogP contribution in [0.1, 0.15) is 40.3 Å². The van der Waals surface area contributed by atoms with Crippen LogP contribution >= 0.6 is 11.5 Å². The Morgan fingerprint density at radius 3 is 2.96 bits per heavy atom. The molecule has 0 radical (unpaired) electrons. The molecule has 1 amide bonds. The summed E-state index contributed by atoms with van der Waals surface area (Å²) >= 11 is 1.17. The van der Waals surface area contributed by atoms with E-state index in [9.17, 15) is 4.79 Å². The molecule has 1 N–H and O–H groups in total. The highest BCUT2D eigenvalue weighted by molar-refractivity contribution is 7.08. The standard InChI is InChI=1S/C17H22N4OS/c1-3-15-16(23-20-19-15)17(22)18-10-12(2)21-9-8-13-6-4-5-7-14(13)11-21/h4-7,12H,3,8-11H2,1-2H3,(H,18,22)/t12-/m0/s1. The van der Waals surface area contributed by atoms with Gasteiger partial charge in [-0.1, -0.05) is 35.7 Å². The van der Waals surface area contributed by atoms with E-state index >= 15 is 0 Å². The van der Waals surface area contributed by atoms with Gasteiger partial charge in [-0.25, -0.2) is 0 Å². The van der Waals surface area contributed by atoms with Crippen LogP contribution in [0.5, 0.6) is 0 Å². The van der Waals surface area contributed by atoms with Gasteiger partial charge in [0.05, 0.1) is 5.69 Å². The Balaban J connectivity index is 1.56. The molecule has 1 aliphatic heterocycles. The van der Waals surface area contributed by atoms with E-state index in [1.165, 1.54) is 22.7 Å². The largest absolute Gasteiger partial charge is 0.350 e. The molecule has 1 aromatic heterocycles. The molecule has 122 valence electrons. The van der Waals surface area contributed by atoms with Crippen molar-refractivity contribution >= 4 is 17.4 Å². The van der Waals surface area contributed by atoms with E-state index in [4.69, 9.17) is 0 Å². The third-order valence-electron chi connectivity index (χ3n) is 4.44. The zero-order valence-electron chi connectivity index (χ0n) is 13.6. The number of fused-ring (bicyclic) bond motifs is 1. The van der Waals surface area contributed by atoms with Crippen LogP contribution in [0.15, 0.2) is 24.3 Å². The normalized spacial score (nSPS) is 15.9. The average molecular weight is 330 g/mol. The number of nitrogens with one attached hydrogen (secondary N) is 1. The fourth-order valence-corrected chi connectivity index (χ4v) is 3.62. The van der Waals surface area contributed by atoms with Gasteiger partial charge in [0.15, 0.2) is 0 Å². The number of carbonyl (C=O) groups excluding carboxylic acids is 1. The fraction of sp³-hybridized carbons (Fsp3) is 0.471. The lowest BCUT2D eigenvalue weighted by atomic mass is 9.99. The number of hydrogen-bond donors (Lipinski definition) is 1. The summed E-state index contributed by atoms with van der Waals surface area (Å²) in [5, 5.41) is 7.03. The molecule has 1 aliphatic rings. The van der Waals surface area contributed by atoms with Crippen LogP contribution in [0.3, 0.4) is 0 Å². The molecule has 0 unspecified atom stereocenters. The number of aryl methyl sites for hydroxylation is 1. The average Bonchev–Trinajstić information content (AvgIpc) is 3.07. The van der Waals surface area contributed by atoms with Crippen LogP contribution < -0.4 is 5.32 Å². The van der Waals surface area contributed by atoms with Gasteiger partial charge in [-0.15, -0.1) is 5.10 Å². The van der Waals surface area contributed by atoms with Crippen molar-refractivity contribution in [2.45, 2.75) is 39.3 Å². The Morgan fingerprint density at radius 1 is 1.39 bits per heavy atom. The summed E-state index contributed by atoms with van der Waals surface area (Å²) in [6, 6.07) is 8.91. The summed E-state index contributed by atoms with van der Waals surface area (Å²) < 4.78 is 3.88. The highest BCUT2D eigenvalue weighted by Crippen LogP contribution is 2.20. The van der Waals surface area contributed by atoms with Gasteiger partial charge < -0.3 is 5.32 Å². The molecule has 0 saturated heterocycles. The van der Waals surface area contributed by atoms with Crippen molar-refractivity contribution in [3.05, 3.63) is 46.0 Å². The van der Waals surface area contributed by atoms with E-state index < -0.39 is 0 Å². The first-order chi connectivity index (χ1) is 11.2. The fourth-order valence-electron chi connectivity index (χ4n) is 2.96. The number of amides is 1. The summed E-state index contributed by atoms with van der Waals surface area (Å²) in [6.07, 6.45) is 1.81. The topological polar surface area (TPSA) is 58.1 Å². The van der Waals surface area contributed by atoms with Crippen molar-refractivity contribution in [2.75, 3.05) is 13.1 Å². The molecule has 0 saturated carbocycles. The zero-order chi connectivity index (χ0) is 16.2. The Kier molecular flexibility index (Phi) is 5.03. The number of hydrogen-bond acceptors (Lipinski definition) is 5. The second kappa shape index (κ2) is 7.19. The number of aromatic nitrogens is 2. The molecule has 0 bridgehead atoms. The summed E-state index contributed by atoms with van der Waals surface area (Å²) in [5.74, 6) is -0.0545. The molecular formula is C17H22N4OS. The maximum absolute atomic E-state index is 12.3. The first kappa shape index (κ1) is 16.1. The van der Waals surface area contributed by atoms with Crippen molar-refractivity contribution in [3.8, 4) is 0 Å². The van der Waals surface area contributed by atoms with Crippen LogP contribution in [0.2, 0.25) is 0 Å². The first-order valence-corrected chi connectivity index (χ1v) is 8.86. The minimum absolute atomic E-state index is 0.0545. The van der Waals surface area contributed by atoms with Gasteiger partial charge in [-0.3, -0.25) is 9.69 Å². The van der Waals surface area contributed by atoms with Gasteiger partial charge in [-0.2, -0.15) is 0 Å². The molecule has 6 heteroatoms. The smallest absolute Gasteiger partial charge is 0.265 e. The van der Waals surface area contributed by atoms with E-state index in [1.807, 2.05) is 6.92 Å². The second-order valence-corrected chi connectivity index (χ2v) is 6.70. The number of rotatable bonds is 5. The zero-order valence-corrected chi connectivity index (χ0v) is 14.4. The second-order valence-electron chi connectivity index (χ2n) is 5.95. The van der Waals surface area contributed by atoms with E-state index in [-0.39, 0.29) is 5.91 Å². The van der Waals surface area contributed by atoms with Gasteiger partial charge in [-0.05, 0) is 42.4 Å². The molecule has 1 aromatic carbocycles. The maximum atomic E-state index is 12.3. The SMILES string of the molecule is CCc1nnsc1C(=O)NC[C@H](C)N1CCc2ccccc2C1. The highest BCUT2D eigenvalue weighted by atomic mass is 32.1. The van der Waals surface area contributed by atoms with E-state index in [0.29, 0.717) is 17.5 Å². The van der Waals surface area contributed by atoms with Gasteiger partial charge in [0.25, 0.3) is 5.91 Å². The molecular weight excluding hydrogens is 308 g/mol. The predicted octanol–water partition coefficient (Wildman–Crippen LogP) is 2.28. The molecule has 1 atom stereocenters. The van der Waals surface area contributed by atoms with Crippen molar-refractivity contribution in [2.24, 2.45) is 0 Å². The number of nitrogens with zero attached hydrogens (tertiary/aromatic N) is 3. The third kappa shape index (κ3) is 3.59. The molecule has 0 fully saturated rings. The van der Waals surface area contributed by atoms with Crippen LogP contribution in [-0.4, -0.2) is 39.5 Å². The highest BCUT2D eigenvalue weighted by Gasteiger charge is 2.21. The summed E-state index contributed by atoms with van der Waals surface area (Å²) in [4.78, 5) is 15.3. The molecule has 23 heavy (non-hydrogen) atoms. The van der Waals surface area contributed by atoms with Gasteiger partial charge >= 0.3 is 0 Å². The number of carbonyl (C=O) groups is 1. The lowest BCUT2D eigenvalue weighted by Crippen LogP contribution is -2.44. The Morgan fingerprint density at radius 2 is 2.17 bits per heavy atom. The minimum atomic E-state index is -0.0545. The van der Waals surface area contributed by atoms with E-state index in [1.54, 1.807) is 0 Å². The van der Waals surface area contributed by atoms with Gasteiger partial charge in [0.2, 0.25) is 0 Å². The maximum Gasteiger partial charge on any atom is 0.265 e. The number of benzene rings is 1. The van der Waals surface area contributed by atoms with Gasteiger partial charge in [0.1, 0.15) is 4.88 Å². The molecule has 2 heterocycles. The first-order valence-electron chi connectivity index (χ1n) is 8.09. The lowest BCUT2D eigenvalue weighted by molar-refractivity contribution is 0.0935. The third-order valence-corrected chi connectivity index (χ3v) is 5.21. The predicted molar refractivity (Wildman–Crippen MR) is 91.6 cm³/mol. The molecule has 0 aliphatic carbocycles. The van der Waals surface area contributed by atoms with Crippen LogP contribution in [-0.2, 0) is 19.4 Å². The summed E-state index contributed by atoms with van der Waals surface area (Å²) in [7, 11) is 0. The van der Waals surface area contributed by atoms with E-state index in [2.05, 4.69) is 51.0 Å². The van der Waals surface area contributed by atoms with Crippen molar-refractivity contribution in [3.63, 3.8) is 0 Å². The Hall–Kier alpha value is -1.79. The van der Waals surface area contributed by atoms with Crippen LogP contribution in [0.4, 0.5) is 0 Å². The molecule has 5 nitrogen and oxygen atoms in total. The van der Waals surface area contributed by atoms with Crippen LogP contribution in [0.25, 0.3) is 0 Å². The Bertz CT molecular complexity index is 685. The molecule has 0 spiro atoms. The minimum Gasteiger partial charge on any atom is -0.350 e. The van der Waals surface area contributed by atoms with E-state index in [0.717, 1.165) is 31.6 Å². The quantitative estimate of drug-likeness (QED) is 0.914. The van der Waals surface area contributed by atoms with Crippen molar-refractivity contribution < 1.29 is 4.79 Å². The van der Waals surface area contributed by atoms with Crippen molar-refractivity contribution in [1.29, 1.82) is 0 Å². The van der Waals surface area contributed by atoms with Crippen molar-refractivity contribution in [1.82, 2.24) is 19.8 Å². The monoisotopic (exact) mass is 330 g/mol. The molecule has 2 aromatic rings. The summed E-state index contributed by atoms with van der Waals surface area (Å²) in [5.41, 5.74) is 3.63. The Labute approximate surface area is 140 Å². The van der Waals surface area contributed by atoms with Crippen LogP contribution in [0, 0.1) is 0 Å². The van der Waals surface area contributed by atoms with Gasteiger partial charge in [0, 0.05) is 25.7 Å².